The fourth-order valence-corrected chi connectivity index (χ4v) is 2.93. The molecule has 0 aromatic carbocycles. The number of nitrogens with zero attached hydrogens (tertiary/aromatic N) is 3. The number of rotatable bonds is 3. The van der Waals surface area contributed by atoms with Gasteiger partial charge in [0.25, 0.3) is 0 Å². The van der Waals surface area contributed by atoms with Gasteiger partial charge in [0.2, 0.25) is 0 Å². The van der Waals surface area contributed by atoms with E-state index in [2.05, 4.69) is 38.0 Å². The van der Waals surface area contributed by atoms with Gasteiger partial charge in [0.15, 0.2) is 5.96 Å². The summed E-state index contributed by atoms with van der Waals surface area (Å²) >= 11 is 0. The molecule has 0 heterocycles. The van der Waals surface area contributed by atoms with E-state index in [0.717, 1.165) is 18.4 Å². The van der Waals surface area contributed by atoms with E-state index in [4.69, 9.17) is 4.99 Å². The highest BCUT2D eigenvalue weighted by Gasteiger charge is 2.48. The molecule has 0 N–H and O–H groups in total. The largest absolute Gasteiger partial charge is 0.349 e. The molecular formula is C13H26IN3. The summed E-state index contributed by atoms with van der Waals surface area (Å²) in [5.74, 6) is 2.10. The highest BCUT2D eigenvalue weighted by molar-refractivity contribution is 14.0. The van der Waals surface area contributed by atoms with Crippen molar-refractivity contribution in [1.29, 1.82) is 0 Å². The van der Waals surface area contributed by atoms with Crippen molar-refractivity contribution in [2.45, 2.75) is 32.1 Å². The molecule has 0 atom stereocenters. The lowest BCUT2D eigenvalue weighted by atomic mass is 9.65. The molecule has 0 aromatic heterocycles. The van der Waals surface area contributed by atoms with Crippen molar-refractivity contribution in [3.05, 3.63) is 0 Å². The first-order chi connectivity index (χ1) is 7.55. The second-order valence-electron chi connectivity index (χ2n) is 5.90. The second kappa shape index (κ2) is 5.76. The van der Waals surface area contributed by atoms with Crippen LogP contribution >= 0.6 is 24.0 Å². The Morgan fingerprint density at radius 2 is 1.65 bits per heavy atom. The maximum absolute atomic E-state index is 4.85. The van der Waals surface area contributed by atoms with Crippen LogP contribution in [0.3, 0.4) is 0 Å². The lowest BCUT2D eigenvalue weighted by Gasteiger charge is -2.41. The van der Waals surface area contributed by atoms with Crippen molar-refractivity contribution >= 4 is 29.9 Å². The molecule has 100 valence electrons. The Morgan fingerprint density at radius 3 is 1.94 bits per heavy atom. The number of hydrogen-bond acceptors (Lipinski definition) is 1. The Labute approximate surface area is 123 Å². The Bertz CT molecular complexity index is 268. The second-order valence-corrected chi connectivity index (χ2v) is 5.90. The van der Waals surface area contributed by atoms with Gasteiger partial charge in [-0.1, -0.05) is 6.42 Å². The van der Waals surface area contributed by atoms with Crippen molar-refractivity contribution in [3.63, 3.8) is 0 Å². The average Bonchev–Trinajstić information content (AvgIpc) is 2.91. The molecule has 0 radical (unpaired) electrons. The zero-order valence-corrected chi connectivity index (χ0v) is 13.9. The summed E-state index contributed by atoms with van der Waals surface area (Å²) in [7, 11) is 8.29. The van der Waals surface area contributed by atoms with Gasteiger partial charge in [-0.2, -0.15) is 0 Å². The van der Waals surface area contributed by atoms with Gasteiger partial charge in [-0.15, -0.1) is 24.0 Å². The minimum absolute atomic E-state index is 0. The first kappa shape index (κ1) is 15.1. The fraction of sp³-hybridized carbons (Fsp3) is 0.923. The Morgan fingerprint density at radius 1 is 1.12 bits per heavy atom. The van der Waals surface area contributed by atoms with Gasteiger partial charge in [0.05, 0.1) is 0 Å². The molecular weight excluding hydrogens is 325 g/mol. The first-order valence-electron chi connectivity index (χ1n) is 6.44. The Hall–Kier alpha value is 0. The summed E-state index contributed by atoms with van der Waals surface area (Å²) in [5, 5.41) is 0. The van der Waals surface area contributed by atoms with Gasteiger partial charge >= 0.3 is 0 Å². The van der Waals surface area contributed by atoms with Gasteiger partial charge in [0, 0.05) is 34.7 Å². The van der Waals surface area contributed by atoms with Crippen LogP contribution in [0.15, 0.2) is 4.99 Å². The predicted octanol–water partition coefficient (Wildman–Crippen LogP) is 2.66. The summed E-state index contributed by atoms with van der Waals surface area (Å²) in [6.45, 7) is 1.04. The Balaban J connectivity index is 0.00000144. The van der Waals surface area contributed by atoms with Crippen molar-refractivity contribution in [1.82, 2.24) is 9.80 Å². The van der Waals surface area contributed by atoms with Crippen LogP contribution in [0.2, 0.25) is 0 Å². The van der Waals surface area contributed by atoms with E-state index in [1.54, 1.807) is 0 Å². The lowest BCUT2D eigenvalue weighted by Crippen LogP contribution is -2.39. The molecule has 2 aliphatic rings. The fourth-order valence-electron chi connectivity index (χ4n) is 2.93. The van der Waals surface area contributed by atoms with Crippen LogP contribution in [-0.2, 0) is 0 Å². The minimum atomic E-state index is 0. The number of aliphatic imine (C=N–C) groups is 1. The summed E-state index contributed by atoms with van der Waals surface area (Å²) in [4.78, 5) is 9.07. The third-order valence-corrected chi connectivity index (χ3v) is 4.13. The molecule has 17 heavy (non-hydrogen) atoms. The van der Waals surface area contributed by atoms with Crippen molar-refractivity contribution in [2.24, 2.45) is 16.3 Å². The molecule has 0 aromatic rings. The maximum Gasteiger partial charge on any atom is 0.195 e. The van der Waals surface area contributed by atoms with Gasteiger partial charge < -0.3 is 9.80 Å². The monoisotopic (exact) mass is 351 g/mol. The smallest absolute Gasteiger partial charge is 0.195 e. The number of halogens is 1. The van der Waals surface area contributed by atoms with Crippen LogP contribution in [0.25, 0.3) is 0 Å². The van der Waals surface area contributed by atoms with Gasteiger partial charge in [-0.3, -0.25) is 4.99 Å². The normalized spacial score (nSPS) is 20.9. The molecule has 0 bridgehead atoms. The van der Waals surface area contributed by atoms with Crippen molar-refractivity contribution in [2.75, 3.05) is 34.7 Å². The SMILES string of the molecule is CN(C)C(=NCC1(C2CC2)CCC1)N(C)C.I. The molecule has 2 fully saturated rings. The maximum atomic E-state index is 4.85. The van der Waals surface area contributed by atoms with E-state index in [9.17, 15) is 0 Å². The highest BCUT2D eigenvalue weighted by Crippen LogP contribution is 2.57. The van der Waals surface area contributed by atoms with E-state index in [1.807, 2.05) is 0 Å². The first-order valence-corrected chi connectivity index (χ1v) is 6.44. The molecule has 0 unspecified atom stereocenters. The van der Waals surface area contributed by atoms with Crippen LogP contribution in [0.4, 0.5) is 0 Å². The van der Waals surface area contributed by atoms with Crippen LogP contribution in [0, 0.1) is 11.3 Å². The highest BCUT2D eigenvalue weighted by atomic mass is 127. The summed E-state index contributed by atoms with van der Waals surface area (Å²) in [6.07, 6.45) is 7.15. The van der Waals surface area contributed by atoms with Crippen LogP contribution in [0.1, 0.15) is 32.1 Å². The third kappa shape index (κ3) is 3.26. The zero-order chi connectivity index (χ0) is 11.8. The van der Waals surface area contributed by atoms with Gasteiger partial charge in [-0.05, 0) is 37.0 Å². The van der Waals surface area contributed by atoms with Crippen LogP contribution in [0.5, 0.6) is 0 Å². The van der Waals surface area contributed by atoms with Crippen LogP contribution < -0.4 is 0 Å². The molecule has 2 saturated carbocycles. The topological polar surface area (TPSA) is 18.8 Å². The molecule has 0 aliphatic heterocycles. The van der Waals surface area contributed by atoms with Crippen LogP contribution in [-0.4, -0.2) is 50.5 Å². The van der Waals surface area contributed by atoms with E-state index in [0.29, 0.717) is 5.41 Å². The summed E-state index contributed by atoms with van der Waals surface area (Å²) < 4.78 is 0. The van der Waals surface area contributed by atoms with E-state index < -0.39 is 0 Å². The average molecular weight is 351 g/mol. The van der Waals surface area contributed by atoms with Gasteiger partial charge in [0.1, 0.15) is 0 Å². The van der Waals surface area contributed by atoms with E-state index in [-0.39, 0.29) is 24.0 Å². The lowest BCUT2D eigenvalue weighted by molar-refractivity contribution is 0.112. The summed E-state index contributed by atoms with van der Waals surface area (Å²) in [5.41, 5.74) is 0.595. The van der Waals surface area contributed by atoms with Crippen molar-refractivity contribution in [3.8, 4) is 0 Å². The quantitative estimate of drug-likeness (QED) is 0.442. The Kier molecular flexibility index (Phi) is 5.10. The van der Waals surface area contributed by atoms with Gasteiger partial charge in [-0.25, -0.2) is 0 Å². The summed E-state index contributed by atoms with van der Waals surface area (Å²) in [6, 6.07) is 0. The number of guanidine groups is 1. The molecule has 4 heteroatoms. The van der Waals surface area contributed by atoms with E-state index in [1.165, 1.54) is 32.1 Å². The van der Waals surface area contributed by atoms with Crippen molar-refractivity contribution < 1.29 is 0 Å². The number of hydrogen-bond donors (Lipinski definition) is 0. The third-order valence-electron chi connectivity index (χ3n) is 4.13. The molecule has 0 saturated heterocycles. The molecule has 0 spiro atoms. The molecule has 3 nitrogen and oxygen atoms in total. The predicted molar refractivity (Wildman–Crippen MR) is 84.1 cm³/mol. The standard InChI is InChI=1S/C13H25N3.HI/c1-15(2)12(16(3)4)14-10-13(8-5-9-13)11-6-7-11;/h11H,5-10H2,1-4H3;1H. The zero-order valence-electron chi connectivity index (χ0n) is 11.6. The minimum Gasteiger partial charge on any atom is -0.349 e. The molecule has 0 amide bonds. The van der Waals surface area contributed by atoms with E-state index >= 15 is 0 Å². The molecule has 2 rings (SSSR count). The molecule has 2 aliphatic carbocycles.